The lowest BCUT2D eigenvalue weighted by molar-refractivity contribution is -0.926. The molecular weight excluding hydrogens is 256 g/mol. The van der Waals surface area contributed by atoms with Gasteiger partial charge >= 0.3 is 0 Å². The molecule has 1 fully saturated rings. The fraction of sp³-hybridized carbons (Fsp3) is 0.368. The third-order valence-electron chi connectivity index (χ3n) is 4.57. The van der Waals surface area contributed by atoms with Crippen LogP contribution in [-0.4, -0.2) is 42.6 Å². The van der Waals surface area contributed by atoms with Crippen LogP contribution in [0.3, 0.4) is 0 Å². The van der Waals surface area contributed by atoms with E-state index in [4.69, 9.17) is 0 Å². The fourth-order valence-corrected chi connectivity index (χ4v) is 3.17. The molecule has 110 valence electrons. The highest BCUT2D eigenvalue weighted by Crippen LogP contribution is 2.17. The van der Waals surface area contributed by atoms with Crippen molar-refractivity contribution in [2.24, 2.45) is 0 Å². The predicted octanol–water partition coefficient (Wildman–Crippen LogP) is 3.15. The van der Waals surface area contributed by atoms with E-state index in [0.717, 1.165) is 17.6 Å². The summed E-state index contributed by atoms with van der Waals surface area (Å²) in [6.45, 7) is 7.10. The smallest absolute Gasteiger partial charge is 0.104 e. The first-order chi connectivity index (χ1) is 10.2. The van der Waals surface area contributed by atoms with Crippen molar-refractivity contribution in [2.75, 3.05) is 33.2 Å². The molecule has 0 aromatic heterocycles. The largest absolute Gasteiger partial charge is 0.320 e. The van der Waals surface area contributed by atoms with Crippen LogP contribution < -0.4 is 0 Å². The van der Waals surface area contributed by atoms with Gasteiger partial charge in [-0.05, 0) is 5.56 Å². The van der Waals surface area contributed by atoms with Crippen molar-refractivity contribution in [3.05, 3.63) is 71.8 Å². The minimum absolute atomic E-state index is 1.09. The van der Waals surface area contributed by atoms with E-state index in [2.05, 4.69) is 72.6 Å². The van der Waals surface area contributed by atoms with E-state index in [-0.39, 0.29) is 0 Å². The van der Waals surface area contributed by atoms with Crippen molar-refractivity contribution >= 4 is 0 Å². The van der Waals surface area contributed by atoms with E-state index in [0.29, 0.717) is 0 Å². The Bertz CT molecular complexity index is 542. The number of hydrogen-bond acceptors (Lipinski definition) is 1. The molecule has 0 radical (unpaired) electrons. The lowest BCUT2D eigenvalue weighted by Gasteiger charge is -2.42. The van der Waals surface area contributed by atoms with Crippen molar-refractivity contribution < 1.29 is 4.48 Å². The van der Waals surface area contributed by atoms with Gasteiger partial charge in [-0.25, -0.2) is 0 Å². The molecule has 2 heteroatoms. The first-order valence-corrected chi connectivity index (χ1v) is 7.87. The van der Waals surface area contributed by atoms with Gasteiger partial charge in [0.1, 0.15) is 6.54 Å². The molecule has 3 rings (SSSR count). The SMILES string of the molecule is C[N+]1(Cc2ccccc2)CCN(Cc2ccccc2)CC1. The monoisotopic (exact) mass is 281 g/mol. The van der Waals surface area contributed by atoms with Crippen LogP contribution >= 0.6 is 0 Å². The molecule has 0 N–H and O–H groups in total. The van der Waals surface area contributed by atoms with Crippen LogP contribution in [0.5, 0.6) is 0 Å². The highest BCUT2D eigenvalue weighted by molar-refractivity contribution is 5.15. The Balaban J connectivity index is 1.54. The minimum Gasteiger partial charge on any atom is -0.320 e. The zero-order valence-electron chi connectivity index (χ0n) is 12.9. The van der Waals surface area contributed by atoms with Crippen LogP contribution in [0.1, 0.15) is 11.1 Å². The molecule has 0 aliphatic carbocycles. The Morgan fingerprint density at radius 1 is 0.810 bits per heavy atom. The summed E-state index contributed by atoms with van der Waals surface area (Å²) in [5, 5.41) is 0. The van der Waals surface area contributed by atoms with E-state index in [9.17, 15) is 0 Å². The Labute approximate surface area is 128 Å². The summed E-state index contributed by atoms with van der Waals surface area (Å²) < 4.78 is 1.16. The van der Waals surface area contributed by atoms with Crippen LogP contribution in [0.25, 0.3) is 0 Å². The molecule has 0 spiro atoms. The molecule has 21 heavy (non-hydrogen) atoms. The molecule has 2 aromatic rings. The van der Waals surface area contributed by atoms with E-state index < -0.39 is 0 Å². The third kappa shape index (κ3) is 3.93. The maximum Gasteiger partial charge on any atom is 0.104 e. The van der Waals surface area contributed by atoms with Crippen molar-refractivity contribution in [1.29, 1.82) is 0 Å². The highest BCUT2D eigenvalue weighted by atomic mass is 15.4. The normalized spacial score (nSPS) is 18.5. The maximum absolute atomic E-state index is 2.58. The van der Waals surface area contributed by atoms with Gasteiger partial charge in [0.05, 0.1) is 20.1 Å². The summed E-state index contributed by atoms with van der Waals surface area (Å²) >= 11 is 0. The minimum atomic E-state index is 1.09. The summed E-state index contributed by atoms with van der Waals surface area (Å²) in [4.78, 5) is 2.58. The van der Waals surface area contributed by atoms with Crippen LogP contribution in [0, 0.1) is 0 Å². The average Bonchev–Trinajstić information content (AvgIpc) is 2.52. The van der Waals surface area contributed by atoms with Crippen molar-refractivity contribution in [1.82, 2.24) is 4.90 Å². The van der Waals surface area contributed by atoms with Gasteiger partial charge in [0.25, 0.3) is 0 Å². The van der Waals surface area contributed by atoms with Crippen molar-refractivity contribution in [3.8, 4) is 0 Å². The molecule has 1 heterocycles. The first kappa shape index (κ1) is 14.3. The summed E-state index contributed by atoms with van der Waals surface area (Å²) in [6, 6.07) is 21.7. The van der Waals surface area contributed by atoms with Gasteiger partial charge in [0, 0.05) is 25.2 Å². The van der Waals surface area contributed by atoms with E-state index in [1.807, 2.05) is 0 Å². The molecule has 0 amide bonds. The third-order valence-corrected chi connectivity index (χ3v) is 4.57. The van der Waals surface area contributed by atoms with Crippen LogP contribution in [0.2, 0.25) is 0 Å². The summed E-state index contributed by atoms with van der Waals surface area (Å²) in [5.74, 6) is 0. The van der Waals surface area contributed by atoms with Gasteiger partial charge in [0.2, 0.25) is 0 Å². The first-order valence-electron chi connectivity index (χ1n) is 7.87. The topological polar surface area (TPSA) is 3.24 Å². The average molecular weight is 281 g/mol. The second-order valence-corrected chi connectivity index (χ2v) is 6.47. The maximum atomic E-state index is 2.58. The number of quaternary nitrogens is 1. The van der Waals surface area contributed by atoms with Crippen LogP contribution in [-0.2, 0) is 13.1 Å². The van der Waals surface area contributed by atoms with E-state index >= 15 is 0 Å². The molecule has 1 aliphatic heterocycles. The van der Waals surface area contributed by atoms with Crippen molar-refractivity contribution in [3.63, 3.8) is 0 Å². The van der Waals surface area contributed by atoms with Crippen molar-refractivity contribution in [2.45, 2.75) is 13.1 Å². The molecule has 1 aliphatic rings. The van der Waals surface area contributed by atoms with Gasteiger partial charge in [0.15, 0.2) is 0 Å². The number of rotatable bonds is 4. The molecule has 0 saturated carbocycles. The molecular formula is C19H25N2+. The molecule has 0 bridgehead atoms. The van der Waals surface area contributed by atoms with Gasteiger partial charge in [-0.2, -0.15) is 0 Å². The Kier molecular flexibility index (Phi) is 4.37. The lowest BCUT2D eigenvalue weighted by atomic mass is 10.1. The Hall–Kier alpha value is -1.64. The van der Waals surface area contributed by atoms with Gasteiger partial charge < -0.3 is 4.48 Å². The lowest BCUT2D eigenvalue weighted by Crippen LogP contribution is -2.56. The van der Waals surface area contributed by atoms with E-state index in [1.165, 1.54) is 37.3 Å². The summed E-state index contributed by atoms with van der Waals surface area (Å²) in [7, 11) is 2.40. The number of hydrogen-bond donors (Lipinski definition) is 0. The Morgan fingerprint density at radius 2 is 1.33 bits per heavy atom. The molecule has 0 unspecified atom stereocenters. The summed E-state index contributed by atoms with van der Waals surface area (Å²) in [6.07, 6.45) is 0. The molecule has 2 aromatic carbocycles. The zero-order valence-corrected chi connectivity index (χ0v) is 12.9. The standard InChI is InChI=1S/C19H25N2/c1-21(17-19-10-6-3-7-11-19)14-12-20(13-15-21)16-18-8-4-2-5-9-18/h2-11H,12-17H2,1H3/q+1. The number of piperazine rings is 1. The van der Waals surface area contributed by atoms with E-state index in [1.54, 1.807) is 0 Å². The number of benzene rings is 2. The highest BCUT2D eigenvalue weighted by Gasteiger charge is 2.28. The second kappa shape index (κ2) is 6.42. The predicted molar refractivity (Wildman–Crippen MR) is 87.8 cm³/mol. The number of likely N-dealkylation sites (N-methyl/N-ethyl adjacent to an activating group) is 1. The Morgan fingerprint density at radius 3 is 1.90 bits per heavy atom. The fourth-order valence-electron chi connectivity index (χ4n) is 3.17. The molecule has 2 nitrogen and oxygen atoms in total. The number of nitrogens with zero attached hydrogens (tertiary/aromatic N) is 2. The molecule has 0 atom stereocenters. The zero-order chi connectivity index (χ0) is 14.5. The van der Waals surface area contributed by atoms with Gasteiger partial charge in [-0.15, -0.1) is 0 Å². The molecule has 1 saturated heterocycles. The second-order valence-electron chi connectivity index (χ2n) is 6.47. The van der Waals surface area contributed by atoms with Crippen LogP contribution in [0.4, 0.5) is 0 Å². The quantitative estimate of drug-likeness (QED) is 0.778. The van der Waals surface area contributed by atoms with Gasteiger partial charge in [-0.1, -0.05) is 60.7 Å². The van der Waals surface area contributed by atoms with Gasteiger partial charge in [-0.3, -0.25) is 4.90 Å². The van der Waals surface area contributed by atoms with Crippen LogP contribution in [0.15, 0.2) is 60.7 Å². The summed E-state index contributed by atoms with van der Waals surface area (Å²) in [5.41, 5.74) is 2.88.